The van der Waals surface area contributed by atoms with Gasteiger partial charge in [-0.15, -0.1) is 0 Å². The average molecular weight is 269 g/mol. The number of nitrogens with zero attached hydrogens (tertiary/aromatic N) is 2. The van der Waals surface area contributed by atoms with Gasteiger partial charge in [-0.2, -0.15) is 5.10 Å². The van der Waals surface area contributed by atoms with E-state index in [1.54, 1.807) is 11.6 Å². The maximum atomic E-state index is 11.9. The molecule has 0 aliphatic rings. The highest BCUT2D eigenvalue weighted by Gasteiger charge is 2.27. The highest BCUT2D eigenvalue weighted by atomic mass is 16.5. The number of anilines is 1. The van der Waals surface area contributed by atoms with Crippen molar-refractivity contribution in [2.75, 3.05) is 18.9 Å². The monoisotopic (exact) mass is 269 g/mol. The minimum absolute atomic E-state index is 0.239. The van der Waals surface area contributed by atoms with Crippen molar-refractivity contribution in [1.29, 1.82) is 0 Å². The number of carbonyl (C=O) groups excluding carboxylic acids is 1. The van der Waals surface area contributed by atoms with E-state index in [1.165, 1.54) is 0 Å². The standard InChI is InChI=1S/C13H23N3O3/c1-6-18-8-9-10(12(17)19-7-2)15-16(11(9)14)13(3,4)5/h6-8,14H2,1-5H3. The molecule has 1 aromatic rings. The molecule has 2 N–H and O–H groups in total. The normalized spacial score (nSPS) is 11.6. The van der Waals surface area contributed by atoms with Gasteiger partial charge in [0.2, 0.25) is 0 Å². The van der Waals surface area contributed by atoms with Crippen LogP contribution in [0.25, 0.3) is 0 Å². The Morgan fingerprint density at radius 1 is 1.32 bits per heavy atom. The maximum Gasteiger partial charge on any atom is 0.359 e. The Bertz CT molecular complexity index is 447. The molecule has 1 aromatic heterocycles. The van der Waals surface area contributed by atoms with Crippen LogP contribution in [0.3, 0.4) is 0 Å². The molecule has 0 saturated heterocycles. The number of rotatable bonds is 5. The quantitative estimate of drug-likeness (QED) is 0.826. The largest absolute Gasteiger partial charge is 0.461 e. The Hall–Kier alpha value is -1.56. The van der Waals surface area contributed by atoms with Gasteiger partial charge in [-0.05, 0) is 34.6 Å². The van der Waals surface area contributed by atoms with E-state index in [2.05, 4.69) is 5.10 Å². The summed E-state index contributed by atoms with van der Waals surface area (Å²) in [5.41, 5.74) is 6.60. The summed E-state index contributed by atoms with van der Waals surface area (Å²) in [6.45, 7) is 10.6. The van der Waals surface area contributed by atoms with Gasteiger partial charge in [0.1, 0.15) is 5.82 Å². The van der Waals surface area contributed by atoms with Gasteiger partial charge >= 0.3 is 5.97 Å². The number of nitrogens with two attached hydrogens (primary N) is 1. The molecule has 0 spiro atoms. The van der Waals surface area contributed by atoms with E-state index < -0.39 is 5.97 Å². The second-order valence-corrected chi connectivity index (χ2v) is 5.15. The highest BCUT2D eigenvalue weighted by Crippen LogP contribution is 2.25. The molecule has 0 unspecified atom stereocenters. The zero-order valence-electron chi connectivity index (χ0n) is 12.3. The molecule has 0 aliphatic heterocycles. The number of hydrogen-bond acceptors (Lipinski definition) is 5. The Labute approximate surface area is 113 Å². The molecule has 19 heavy (non-hydrogen) atoms. The average Bonchev–Trinajstić information content (AvgIpc) is 2.64. The van der Waals surface area contributed by atoms with Crippen molar-refractivity contribution in [3.05, 3.63) is 11.3 Å². The number of hydrogen-bond donors (Lipinski definition) is 1. The molecule has 1 heterocycles. The van der Waals surface area contributed by atoms with Gasteiger partial charge in [-0.3, -0.25) is 0 Å². The van der Waals surface area contributed by atoms with Crippen LogP contribution in [0.2, 0.25) is 0 Å². The fourth-order valence-electron chi connectivity index (χ4n) is 1.68. The highest BCUT2D eigenvalue weighted by molar-refractivity contribution is 5.90. The molecule has 108 valence electrons. The van der Waals surface area contributed by atoms with Gasteiger partial charge in [-0.1, -0.05) is 0 Å². The van der Waals surface area contributed by atoms with E-state index in [1.807, 2.05) is 27.7 Å². The Morgan fingerprint density at radius 2 is 1.95 bits per heavy atom. The van der Waals surface area contributed by atoms with Crippen molar-refractivity contribution in [2.24, 2.45) is 0 Å². The first-order valence-electron chi connectivity index (χ1n) is 6.45. The van der Waals surface area contributed by atoms with Crippen molar-refractivity contribution < 1.29 is 14.3 Å². The first-order chi connectivity index (χ1) is 8.82. The molecule has 0 fully saturated rings. The zero-order chi connectivity index (χ0) is 14.6. The zero-order valence-corrected chi connectivity index (χ0v) is 12.3. The molecular formula is C13H23N3O3. The Morgan fingerprint density at radius 3 is 2.42 bits per heavy atom. The summed E-state index contributed by atoms with van der Waals surface area (Å²) >= 11 is 0. The number of ether oxygens (including phenoxy) is 2. The van der Waals surface area contributed by atoms with Crippen LogP contribution >= 0.6 is 0 Å². The number of nitrogen functional groups attached to an aromatic ring is 1. The van der Waals surface area contributed by atoms with Crippen LogP contribution in [0.15, 0.2) is 0 Å². The predicted octanol–water partition coefficient (Wildman–Crippen LogP) is 1.93. The SMILES string of the molecule is CCOCc1c(C(=O)OCC)nn(C(C)(C)C)c1N. The number of esters is 1. The molecule has 0 aromatic carbocycles. The van der Waals surface area contributed by atoms with Crippen LogP contribution in [-0.2, 0) is 21.6 Å². The fourth-order valence-corrected chi connectivity index (χ4v) is 1.68. The van der Waals surface area contributed by atoms with Crippen LogP contribution in [0.5, 0.6) is 0 Å². The van der Waals surface area contributed by atoms with Gasteiger partial charge in [0.25, 0.3) is 0 Å². The third-order valence-electron chi connectivity index (χ3n) is 2.58. The summed E-state index contributed by atoms with van der Waals surface area (Å²) in [4.78, 5) is 11.9. The predicted molar refractivity (Wildman–Crippen MR) is 72.9 cm³/mol. The Kier molecular flexibility index (Phi) is 4.94. The smallest absolute Gasteiger partial charge is 0.359 e. The molecule has 6 nitrogen and oxygen atoms in total. The molecule has 0 bridgehead atoms. The van der Waals surface area contributed by atoms with E-state index in [-0.39, 0.29) is 17.8 Å². The minimum atomic E-state index is -0.466. The molecule has 1 rings (SSSR count). The summed E-state index contributed by atoms with van der Waals surface area (Å²) in [7, 11) is 0. The van der Waals surface area contributed by atoms with Crippen molar-refractivity contribution in [3.8, 4) is 0 Å². The first kappa shape index (κ1) is 15.5. The third-order valence-corrected chi connectivity index (χ3v) is 2.58. The van der Waals surface area contributed by atoms with Crippen molar-refractivity contribution in [1.82, 2.24) is 9.78 Å². The van der Waals surface area contributed by atoms with E-state index in [0.717, 1.165) is 0 Å². The summed E-state index contributed by atoms with van der Waals surface area (Å²) < 4.78 is 12.0. The topological polar surface area (TPSA) is 79.4 Å². The molecule has 0 aliphatic carbocycles. The van der Waals surface area contributed by atoms with Gasteiger partial charge < -0.3 is 15.2 Å². The number of aromatic nitrogens is 2. The lowest BCUT2D eigenvalue weighted by molar-refractivity contribution is 0.0511. The van der Waals surface area contributed by atoms with Crippen LogP contribution in [0, 0.1) is 0 Å². The van der Waals surface area contributed by atoms with E-state index >= 15 is 0 Å². The maximum absolute atomic E-state index is 11.9. The van der Waals surface area contributed by atoms with E-state index in [0.29, 0.717) is 24.6 Å². The summed E-state index contributed by atoms with van der Waals surface area (Å²) in [6, 6.07) is 0. The number of carbonyl (C=O) groups is 1. The second kappa shape index (κ2) is 6.06. The molecular weight excluding hydrogens is 246 g/mol. The lowest BCUT2D eigenvalue weighted by Crippen LogP contribution is -2.25. The molecule has 6 heteroatoms. The summed E-state index contributed by atoms with van der Waals surface area (Å²) in [6.07, 6.45) is 0. The van der Waals surface area contributed by atoms with Gasteiger partial charge in [0.05, 0.1) is 24.3 Å². The summed E-state index contributed by atoms with van der Waals surface area (Å²) in [5.74, 6) is -0.0177. The lowest BCUT2D eigenvalue weighted by atomic mass is 10.1. The van der Waals surface area contributed by atoms with Crippen molar-refractivity contribution in [3.63, 3.8) is 0 Å². The van der Waals surface area contributed by atoms with Crippen LogP contribution < -0.4 is 5.73 Å². The molecule has 0 atom stereocenters. The minimum Gasteiger partial charge on any atom is -0.461 e. The van der Waals surface area contributed by atoms with E-state index in [4.69, 9.17) is 15.2 Å². The molecule has 0 amide bonds. The van der Waals surface area contributed by atoms with Gasteiger partial charge in [-0.25, -0.2) is 9.48 Å². The van der Waals surface area contributed by atoms with E-state index in [9.17, 15) is 4.79 Å². The van der Waals surface area contributed by atoms with Crippen molar-refractivity contribution >= 4 is 11.8 Å². The van der Waals surface area contributed by atoms with Crippen LogP contribution in [-0.4, -0.2) is 29.0 Å². The molecule has 0 radical (unpaired) electrons. The van der Waals surface area contributed by atoms with Gasteiger partial charge in [0, 0.05) is 6.61 Å². The van der Waals surface area contributed by atoms with Crippen LogP contribution in [0.4, 0.5) is 5.82 Å². The summed E-state index contributed by atoms with van der Waals surface area (Å²) in [5, 5.41) is 4.29. The second-order valence-electron chi connectivity index (χ2n) is 5.15. The fraction of sp³-hybridized carbons (Fsp3) is 0.692. The first-order valence-corrected chi connectivity index (χ1v) is 6.45. The lowest BCUT2D eigenvalue weighted by Gasteiger charge is -2.20. The Balaban J connectivity index is 3.23. The van der Waals surface area contributed by atoms with Crippen LogP contribution in [0.1, 0.15) is 50.7 Å². The molecule has 0 saturated carbocycles. The van der Waals surface area contributed by atoms with Crippen molar-refractivity contribution in [2.45, 2.75) is 46.8 Å². The third kappa shape index (κ3) is 3.47. The van der Waals surface area contributed by atoms with Gasteiger partial charge in [0.15, 0.2) is 5.69 Å².